The van der Waals surface area contributed by atoms with Gasteiger partial charge in [-0.3, -0.25) is 4.98 Å². The fraction of sp³-hybridized carbons (Fsp3) is 0.100. The lowest BCUT2D eigenvalue weighted by atomic mass is 10.1. The fourth-order valence-electron chi connectivity index (χ4n) is 1.28. The molecule has 15 heavy (non-hydrogen) atoms. The van der Waals surface area contributed by atoms with Gasteiger partial charge in [-0.1, -0.05) is 0 Å². The van der Waals surface area contributed by atoms with Crippen molar-refractivity contribution in [2.24, 2.45) is 0 Å². The van der Waals surface area contributed by atoms with Gasteiger partial charge in [-0.25, -0.2) is 9.97 Å². The van der Waals surface area contributed by atoms with Crippen molar-refractivity contribution in [3.8, 4) is 17.1 Å². The molecule has 2 rings (SSSR count). The Hall–Kier alpha value is -2.17. The van der Waals surface area contributed by atoms with Crippen LogP contribution in [0.1, 0.15) is 0 Å². The molecule has 0 atom stereocenters. The number of rotatable bonds is 2. The van der Waals surface area contributed by atoms with E-state index in [1.165, 1.54) is 0 Å². The predicted octanol–water partition coefficient (Wildman–Crippen LogP) is 1.13. The quantitative estimate of drug-likeness (QED) is 0.790. The molecule has 0 amide bonds. The zero-order valence-corrected chi connectivity index (χ0v) is 8.21. The number of aromatic nitrogens is 3. The van der Waals surface area contributed by atoms with E-state index in [0.717, 1.165) is 5.56 Å². The predicted molar refractivity (Wildman–Crippen MR) is 56.2 cm³/mol. The Balaban J connectivity index is 2.59. The lowest BCUT2D eigenvalue weighted by Crippen LogP contribution is -1.97. The average Bonchev–Trinajstić information content (AvgIpc) is 2.30. The number of hydrogen-bond donors (Lipinski definition) is 1. The highest BCUT2D eigenvalue weighted by Gasteiger charge is 2.10. The second-order valence-electron chi connectivity index (χ2n) is 2.88. The summed E-state index contributed by atoms with van der Waals surface area (Å²) in [5.74, 6) is 0.454. The summed E-state index contributed by atoms with van der Waals surface area (Å²) in [6.45, 7) is 0. The Morgan fingerprint density at radius 1 is 1.20 bits per heavy atom. The van der Waals surface area contributed by atoms with E-state index < -0.39 is 0 Å². The molecule has 0 fully saturated rings. The zero-order chi connectivity index (χ0) is 10.7. The van der Waals surface area contributed by atoms with Gasteiger partial charge in [0.05, 0.1) is 19.0 Å². The molecular formula is C10H10N4O. The van der Waals surface area contributed by atoms with Crippen molar-refractivity contribution in [3.05, 3.63) is 30.9 Å². The summed E-state index contributed by atoms with van der Waals surface area (Å²) < 4.78 is 5.11. The van der Waals surface area contributed by atoms with Crippen LogP contribution in [-0.2, 0) is 0 Å². The molecule has 0 aliphatic rings. The summed E-state index contributed by atoms with van der Waals surface area (Å²) in [5.41, 5.74) is 7.74. The summed E-state index contributed by atoms with van der Waals surface area (Å²) in [6.07, 6.45) is 6.39. The van der Waals surface area contributed by atoms with E-state index in [4.69, 9.17) is 10.5 Å². The van der Waals surface area contributed by atoms with Crippen LogP contribution in [0.15, 0.2) is 30.9 Å². The van der Waals surface area contributed by atoms with Gasteiger partial charge in [-0.2, -0.15) is 0 Å². The van der Waals surface area contributed by atoms with Crippen molar-refractivity contribution >= 4 is 5.69 Å². The molecule has 0 radical (unpaired) electrons. The van der Waals surface area contributed by atoms with Gasteiger partial charge in [0.25, 0.3) is 0 Å². The lowest BCUT2D eigenvalue weighted by Gasteiger charge is -2.07. The highest BCUT2D eigenvalue weighted by atomic mass is 16.5. The number of nitrogens with zero attached hydrogens (tertiary/aromatic N) is 3. The Kier molecular flexibility index (Phi) is 2.45. The highest BCUT2D eigenvalue weighted by Crippen LogP contribution is 2.28. The maximum absolute atomic E-state index is 5.79. The molecule has 0 saturated carbocycles. The molecule has 2 heterocycles. The number of ether oxygens (including phenoxy) is 1. The van der Waals surface area contributed by atoms with Crippen LogP contribution in [0.2, 0.25) is 0 Å². The summed E-state index contributed by atoms with van der Waals surface area (Å²) in [6, 6.07) is 1.78. The van der Waals surface area contributed by atoms with Crippen molar-refractivity contribution in [1.82, 2.24) is 15.0 Å². The molecule has 0 aliphatic carbocycles. The zero-order valence-electron chi connectivity index (χ0n) is 8.21. The van der Waals surface area contributed by atoms with Gasteiger partial charge in [-0.05, 0) is 6.07 Å². The van der Waals surface area contributed by atoms with E-state index in [0.29, 0.717) is 17.3 Å². The lowest BCUT2D eigenvalue weighted by molar-refractivity contribution is 0.398. The van der Waals surface area contributed by atoms with Crippen molar-refractivity contribution in [1.29, 1.82) is 0 Å². The van der Waals surface area contributed by atoms with Gasteiger partial charge in [-0.15, -0.1) is 0 Å². The third-order valence-corrected chi connectivity index (χ3v) is 1.97. The first-order valence-electron chi connectivity index (χ1n) is 4.38. The summed E-state index contributed by atoms with van der Waals surface area (Å²) >= 11 is 0. The summed E-state index contributed by atoms with van der Waals surface area (Å²) in [4.78, 5) is 12.2. The molecule has 76 valence electrons. The minimum absolute atomic E-state index is 0.454. The Bertz CT molecular complexity index is 472. The number of nitrogens with two attached hydrogens (primary N) is 1. The van der Waals surface area contributed by atoms with Crippen LogP contribution in [-0.4, -0.2) is 22.1 Å². The van der Waals surface area contributed by atoms with Gasteiger partial charge < -0.3 is 10.5 Å². The molecule has 0 aliphatic heterocycles. The second-order valence-corrected chi connectivity index (χ2v) is 2.88. The number of pyridine rings is 1. The van der Waals surface area contributed by atoms with Gasteiger partial charge >= 0.3 is 0 Å². The molecule has 5 nitrogen and oxygen atoms in total. The number of nitrogen functional groups attached to an aromatic ring is 1. The monoisotopic (exact) mass is 202 g/mol. The molecule has 5 heteroatoms. The average molecular weight is 202 g/mol. The van der Waals surface area contributed by atoms with Crippen LogP contribution in [0.25, 0.3) is 11.3 Å². The maximum atomic E-state index is 5.79. The largest absolute Gasteiger partial charge is 0.479 e. The van der Waals surface area contributed by atoms with E-state index >= 15 is 0 Å². The minimum atomic E-state index is 0.454. The van der Waals surface area contributed by atoms with Gasteiger partial charge in [0, 0.05) is 24.2 Å². The molecule has 0 bridgehead atoms. The molecule has 2 aromatic rings. The first-order chi connectivity index (χ1) is 7.33. The first-order valence-corrected chi connectivity index (χ1v) is 4.38. The van der Waals surface area contributed by atoms with Crippen molar-refractivity contribution in [3.63, 3.8) is 0 Å². The normalized spacial score (nSPS) is 9.93. The summed E-state index contributed by atoms with van der Waals surface area (Å²) in [5, 5.41) is 0. The van der Waals surface area contributed by atoms with Gasteiger partial charge in [0.2, 0.25) is 5.88 Å². The van der Waals surface area contributed by atoms with Crippen LogP contribution in [0.4, 0.5) is 5.69 Å². The van der Waals surface area contributed by atoms with Crippen molar-refractivity contribution in [2.45, 2.75) is 0 Å². The molecule has 2 N–H and O–H groups in total. The molecule has 0 saturated heterocycles. The highest BCUT2D eigenvalue weighted by molar-refractivity contribution is 5.75. The molecular weight excluding hydrogens is 192 g/mol. The van der Waals surface area contributed by atoms with Crippen LogP contribution >= 0.6 is 0 Å². The SMILES string of the molecule is COc1nccnc1-c1ccncc1N. The smallest absolute Gasteiger partial charge is 0.240 e. The van der Waals surface area contributed by atoms with Crippen LogP contribution in [0.5, 0.6) is 5.88 Å². The summed E-state index contributed by atoms with van der Waals surface area (Å²) in [7, 11) is 1.55. The van der Waals surface area contributed by atoms with Crippen LogP contribution < -0.4 is 10.5 Å². The van der Waals surface area contributed by atoms with E-state index in [1.807, 2.05) is 0 Å². The number of anilines is 1. The Morgan fingerprint density at radius 2 is 2.00 bits per heavy atom. The topological polar surface area (TPSA) is 73.9 Å². The third-order valence-electron chi connectivity index (χ3n) is 1.97. The van der Waals surface area contributed by atoms with Gasteiger partial charge in [0.15, 0.2) is 0 Å². The first kappa shape index (κ1) is 9.39. The third kappa shape index (κ3) is 1.71. The van der Waals surface area contributed by atoms with Crippen LogP contribution in [0, 0.1) is 0 Å². The maximum Gasteiger partial charge on any atom is 0.240 e. The standard InChI is InChI=1S/C10H10N4O/c1-15-10-9(13-4-5-14-10)7-2-3-12-6-8(7)11/h2-6H,11H2,1H3. The molecule has 0 aromatic carbocycles. The van der Waals surface area contributed by atoms with Crippen molar-refractivity contribution in [2.75, 3.05) is 12.8 Å². The Morgan fingerprint density at radius 3 is 2.73 bits per heavy atom. The van der Waals surface area contributed by atoms with Crippen LogP contribution in [0.3, 0.4) is 0 Å². The molecule has 2 aromatic heterocycles. The minimum Gasteiger partial charge on any atom is -0.479 e. The Labute approximate surface area is 87.0 Å². The number of methoxy groups -OCH3 is 1. The van der Waals surface area contributed by atoms with Crippen molar-refractivity contribution < 1.29 is 4.74 Å². The fourth-order valence-corrected chi connectivity index (χ4v) is 1.28. The van der Waals surface area contributed by atoms with Gasteiger partial charge in [0.1, 0.15) is 5.69 Å². The van der Waals surface area contributed by atoms with E-state index in [2.05, 4.69) is 15.0 Å². The van der Waals surface area contributed by atoms with E-state index in [9.17, 15) is 0 Å². The molecule has 0 spiro atoms. The van der Waals surface area contributed by atoms with E-state index in [1.54, 1.807) is 38.0 Å². The second kappa shape index (κ2) is 3.91. The number of hydrogen-bond acceptors (Lipinski definition) is 5. The molecule has 0 unspecified atom stereocenters. The van der Waals surface area contributed by atoms with E-state index in [-0.39, 0.29) is 0 Å².